The molecule has 134 valence electrons. The summed E-state index contributed by atoms with van der Waals surface area (Å²) < 4.78 is 1.57. The molecule has 0 saturated carbocycles. The van der Waals surface area contributed by atoms with Crippen LogP contribution in [-0.4, -0.2) is 49.7 Å². The van der Waals surface area contributed by atoms with Crippen molar-refractivity contribution in [1.82, 2.24) is 19.7 Å². The van der Waals surface area contributed by atoms with Gasteiger partial charge in [0.05, 0.1) is 17.7 Å². The Bertz CT molecular complexity index is 927. The molecule has 3 heterocycles. The first-order valence-electron chi connectivity index (χ1n) is 8.26. The number of aliphatic carboxylic acids is 1. The molecule has 0 radical (unpaired) electrons. The van der Waals surface area contributed by atoms with Crippen molar-refractivity contribution in [2.75, 3.05) is 13.1 Å². The van der Waals surface area contributed by atoms with E-state index >= 15 is 0 Å². The van der Waals surface area contributed by atoms with Crippen LogP contribution in [0, 0.1) is 25.7 Å². The molecule has 0 spiro atoms. The van der Waals surface area contributed by atoms with Crippen molar-refractivity contribution in [3.05, 3.63) is 27.2 Å². The number of carbonyl (C=O) groups excluding carboxylic acids is 1. The van der Waals surface area contributed by atoms with Crippen molar-refractivity contribution in [1.29, 1.82) is 0 Å². The summed E-state index contributed by atoms with van der Waals surface area (Å²) in [5.74, 6) is -1.59. The van der Waals surface area contributed by atoms with Gasteiger partial charge in [-0.1, -0.05) is 6.92 Å². The van der Waals surface area contributed by atoms with Gasteiger partial charge in [-0.05, 0) is 30.9 Å². The molecular formula is C17H22N4O4. The van der Waals surface area contributed by atoms with E-state index in [0.29, 0.717) is 23.3 Å². The smallest absolute Gasteiger partial charge is 0.308 e. The van der Waals surface area contributed by atoms with Gasteiger partial charge in [-0.2, -0.15) is 0 Å². The number of likely N-dealkylation sites (tertiary alicyclic amines) is 1. The molecule has 1 fully saturated rings. The number of amides is 1. The van der Waals surface area contributed by atoms with E-state index in [2.05, 4.69) is 10.1 Å². The maximum atomic E-state index is 12.7. The summed E-state index contributed by atoms with van der Waals surface area (Å²) >= 11 is 0. The Balaban J connectivity index is 1.91. The fourth-order valence-electron chi connectivity index (χ4n) is 3.66. The number of carboxylic acids is 1. The average molecular weight is 346 g/mol. The highest BCUT2D eigenvalue weighted by atomic mass is 16.4. The van der Waals surface area contributed by atoms with Crippen LogP contribution in [0.5, 0.6) is 0 Å². The number of rotatable bonds is 3. The summed E-state index contributed by atoms with van der Waals surface area (Å²) in [6, 6.07) is 0. The highest BCUT2D eigenvalue weighted by Gasteiger charge is 2.37. The van der Waals surface area contributed by atoms with E-state index in [1.807, 2.05) is 20.8 Å². The van der Waals surface area contributed by atoms with Crippen LogP contribution in [0.4, 0.5) is 0 Å². The number of aromatic amines is 1. The second-order valence-electron chi connectivity index (χ2n) is 6.90. The molecule has 2 N–H and O–H groups in total. The number of aromatic nitrogens is 3. The Labute approximate surface area is 144 Å². The number of aryl methyl sites for hydroxylation is 3. The van der Waals surface area contributed by atoms with Crippen molar-refractivity contribution >= 4 is 22.9 Å². The van der Waals surface area contributed by atoms with Crippen LogP contribution >= 0.6 is 0 Å². The molecule has 8 heteroatoms. The highest BCUT2D eigenvalue weighted by Crippen LogP contribution is 2.25. The number of carbonyl (C=O) groups is 2. The van der Waals surface area contributed by atoms with Crippen molar-refractivity contribution in [3.63, 3.8) is 0 Å². The zero-order valence-corrected chi connectivity index (χ0v) is 14.8. The molecule has 1 amide bonds. The lowest BCUT2D eigenvalue weighted by Crippen LogP contribution is -2.31. The standard InChI is InChI=1S/C17H22N4O4/c1-8-6-21(7-12(8)17(24)25)13(22)5-11-9(2)14-15(18-10(11)3)20(4)19-16(14)23/h8,12H,5-7H2,1-4H3,(H,19,23)(H,24,25)/t8-,12-/m1/s1. The van der Waals surface area contributed by atoms with E-state index in [9.17, 15) is 19.5 Å². The van der Waals surface area contributed by atoms with Gasteiger partial charge >= 0.3 is 5.97 Å². The lowest BCUT2D eigenvalue weighted by Gasteiger charge is -2.18. The molecule has 0 unspecified atom stereocenters. The van der Waals surface area contributed by atoms with Crippen LogP contribution in [0.2, 0.25) is 0 Å². The maximum Gasteiger partial charge on any atom is 0.308 e. The Morgan fingerprint density at radius 1 is 1.32 bits per heavy atom. The lowest BCUT2D eigenvalue weighted by atomic mass is 9.99. The number of carboxylic acid groups (broad SMARTS) is 1. The van der Waals surface area contributed by atoms with E-state index in [1.165, 1.54) is 0 Å². The molecule has 0 aromatic carbocycles. The first-order chi connectivity index (χ1) is 11.7. The van der Waals surface area contributed by atoms with Gasteiger partial charge in [0.15, 0.2) is 5.65 Å². The van der Waals surface area contributed by atoms with Gasteiger partial charge in [0.1, 0.15) is 0 Å². The summed E-state index contributed by atoms with van der Waals surface area (Å²) in [5.41, 5.74) is 2.53. The predicted octanol–water partition coefficient (Wildman–Crippen LogP) is 0.600. The molecule has 2 atom stereocenters. The Hall–Kier alpha value is -2.64. The van der Waals surface area contributed by atoms with E-state index < -0.39 is 11.9 Å². The molecule has 2 aromatic heterocycles. The number of H-pyrrole nitrogens is 1. The third kappa shape index (κ3) is 2.81. The second-order valence-corrected chi connectivity index (χ2v) is 6.90. The first kappa shape index (κ1) is 17.2. The molecule has 1 aliphatic heterocycles. The van der Waals surface area contributed by atoms with Gasteiger partial charge in [-0.25, -0.2) is 4.98 Å². The Morgan fingerprint density at radius 3 is 2.60 bits per heavy atom. The fourth-order valence-corrected chi connectivity index (χ4v) is 3.66. The summed E-state index contributed by atoms with van der Waals surface area (Å²) in [4.78, 5) is 42.1. The van der Waals surface area contributed by atoms with Gasteiger partial charge in [0.25, 0.3) is 5.56 Å². The van der Waals surface area contributed by atoms with Crippen LogP contribution in [0.3, 0.4) is 0 Å². The first-order valence-corrected chi connectivity index (χ1v) is 8.26. The number of nitrogens with one attached hydrogen (secondary N) is 1. The SMILES string of the molecule is Cc1nc2c(c(C)c1CC(=O)N1C[C@@H](C)[C@H](C(=O)O)C1)c(=O)[nH]n2C. The molecule has 8 nitrogen and oxygen atoms in total. The summed E-state index contributed by atoms with van der Waals surface area (Å²) in [6.45, 7) is 6.16. The van der Waals surface area contributed by atoms with Crippen molar-refractivity contribution in [2.45, 2.75) is 27.2 Å². The lowest BCUT2D eigenvalue weighted by molar-refractivity contribution is -0.142. The van der Waals surface area contributed by atoms with E-state index in [1.54, 1.807) is 16.6 Å². The quantitative estimate of drug-likeness (QED) is 0.846. The van der Waals surface area contributed by atoms with Gasteiger partial charge in [0.2, 0.25) is 5.91 Å². The molecular weight excluding hydrogens is 324 g/mol. The number of fused-ring (bicyclic) bond motifs is 1. The summed E-state index contributed by atoms with van der Waals surface area (Å²) in [5, 5.41) is 12.4. The normalized spacial score (nSPS) is 20.4. The summed E-state index contributed by atoms with van der Waals surface area (Å²) in [6.07, 6.45) is 0.119. The van der Waals surface area contributed by atoms with Gasteiger partial charge in [-0.15, -0.1) is 0 Å². The molecule has 0 bridgehead atoms. The van der Waals surface area contributed by atoms with Crippen molar-refractivity contribution in [2.24, 2.45) is 18.9 Å². The van der Waals surface area contributed by atoms with Crippen LogP contribution in [0.25, 0.3) is 11.0 Å². The highest BCUT2D eigenvalue weighted by molar-refractivity contribution is 5.85. The average Bonchev–Trinajstić information content (AvgIpc) is 3.04. The van der Waals surface area contributed by atoms with Crippen molar-refractivity contribution in [3.8, 4) is 0 Å². The van der Waals surface area contributed by atoms with Gasteiger partial charge < -0.3 is 10.0 Å². The maximum absolute atomic E-state index is 12.7. The van der Waals surface area contributed by atoms with Gasteiger partial charge in [0, 0.05) is 25.8 Å². The van der Waals surface area contributed by atoms with Crippen LogP contribution in [-0.2, 0) is 23.1 Å². The largest absolute Gasteiger partial charge is 0.481 e. The fraction of sp³-hybridized carbons (Fsp3) is 0.529. The molecule has 25 heavy (non-hydrogen) atoms. The predicted molar refractivity (Wildman–Crippen MR) is 91.4 cm³/mol. The molecule has 0 aliphatic carbocycles. The minimum absolute atomic E-state index is 0.0683. The van der Waals surface area contributed by atoms with E-state index in [0.717, 1.165) is 11.1 Å². The van der Waals surface area contributed by atoms with Gasteiger partial charge in [-0.3, -0.25) is 24.2 Å². The molecule has 1 aliphatic rings. The van der Waals surface area contributed by atoms with Crippen LogP contribution in [0.1, 0.15) is 23.7 Å². The number of nitrogens with zero attached hydrogens (tertiary/aromatic N) is 3. The summed E-state index contributed by atoms with van der Waals surface area (Å²) in [7, 11) is 1.72. The van der Waals surface area contributed by atoms with Crippen LogP contribution in [0.15, 0.2) is 4.79 Å². The zero-order chi connectivity index (χ0) is 18.5. The van der Waals surface area contributed by atoms with Crippen molar-refractivity contribution < 1.29 is 14.7 Å². The second kappa shape index (κ2) is 6.02. The zero-order valence-electron chi connectivity index (χ0n) is 14.8. The van der Waals surface area contributed by atoms with Crippen LogP contribution < -0.4 is 5.56 Å². The van der Waals surface area contributed by atoms with E-state index in [4.69, 9.17) is 0 Å². The molecule has 2 aromatic rings. The number of pyridine rings is 1. The number of hydrogen-bond acceptors (Lipinski definition) is 4. The topological polar surface area (TPSA) is 108 Å². The third-order valence-electron chi connectivity index (χ3n) is 5.19. The molecule has 1 saturated heterocycles. The Kier molecular flexibility index (Phi) is 4.14. The minimum Gasteiger partial charge on any atom is -0.481 e. The monoisotopic (exact) mass is 346 g/mol. The minimum atomic E-state index is -0.867. The third-order valence-corrected chi connectivity index (χ3v) is 5.19. The Morgan fingerprint density at radius 2 is 2.00 bits per heavy atom. The number of hydrogen-bond donors (Lipinski definition) is 2. The molecule has 3 rings (SSSR count). The van der Waals surface area contributed by atoms with E-state index in [-0.39, 0.29) is 30.3 Å².